The monoisotopic (exact) mass is 782 g/mol. The highest BCUT2D eigenvalue weighted by atomic mass is 16.6. The molecular weight excluding hydrogens is 691 g/mol. The first kappa shape index (κ1) is 51.8. The van der Waals surface area contributed by atoms with E-state index in [1.807, 2.05) is 0 Å². The molecule has 0 aliphatic heterocycles. The smallest absolute Gasteiger partial charge is 0.308 e. The minimum Gasteiger partial charge on any atom is -0.465 e. The highest BCUT2D eigenvalue weighted by Crippen LogP contribution is 2.25. The van der Waals surface area contributed by atoms with Crippen molar-refractivity contribution >= 4 is 11.9 Å². The van der Waals surface area contributed by atoms with Gasteiger partial charge in [-0.2, -0.15) is 0 Å². The second-order valence-corrected chi connectivity index (χ2v) is 16.8. The van der Waals surface area contributed by atoms with E-state index in [4.69, 9.17) is 18.9 Å². The summed E-state index contributed by atoms with van der Waals surface area (Å²) in [4.78, 5) is 27.9. The molecule has 0 aromatic carbocycles. The SMILES string of the molecule is CCCCCCCCCC(CCCCC)COC(=O)CCOCC(CN(CCO)C1CCC1)OCCC(=O)OCC(CCCCCC)CCCCCCCC. The molecule has 1 N–H and O–H groups in total. The van der Waals surface area contributed by atoms with Gasteiger partial charge in [-0.15, -0.1) is 0 Å². The minimum atomic E-state index is -0.264. The first-order chi connectivity index (χ1) is 27.0. The van der Waals surface area contributed by atoms with Gasteiger partial charge in [0.05, 0.1) is 58.6 Å². The summed E-state index contributed by atoms with van der Waals surface area (Å²) in [5.41, 5.74) is 0. The number of unbranched alkanes of at least 4 members (excludes halogenated alkanes) is 16. The van der Waals surface area contributed by atoms with E-state index in [0.717, 1.165) is 38.5 Å². The van der Waals surface area contributed by atoms with Gasteiger partial charge in [-0.1, -0.05) is 163 Å². The van der Waals surface area contributed by atoms with E-state index in [-0.39, 0.29) is 50.7 Å². The summed E-state index contributed by atoms with van der Waals surface area (Å²) in [6.45, 7) is 12.2. The molecule has 0 amide bonds. The van der Waals surface area contributed by atoms with Crippen LogP contribution in [0.15, 0.2) is 0 Å². The highest BCUT2D eigenvalue weighted by molar-refractivity contribution is 5.69. The van der Waals surface area contributed by atoms with Gasteiger partial charge in [-0.05, 0) is 50.4 Å². The van der Waals surface area contributed by atoms with Crippen molar-refractivity contribution in [3.05, 3.63) is 0 Å². The van der Waals surface area contributed by atoms with Crippen molar-refractivity contribution in [2.75, 3.05) is 52.7 Å². The fraction of sp³-hybridized carbons (Fsp3) is 0.957. The van der Waals surface area contributed by atoms with Gasteiger partial charge in [0.25, 0.3) is 0 Å². The number of carbonyl (C=O) groups is 2. The second-order valence-electron chi connectivity index (χ2n) is 16.8. The summed E-state index contributed by atoms with van der Waals surface area (Å²) >= 11 is 0. The lowest BCUT2D eigenvalue weighted by atomic mass is 9.91. The van der Waals surface area contributed by atoms with Crippen molar-refractivity contribution in [2.24, 2.45) is 11.8 Å². The molecule has 8 heteroatoms. The maximum Gasteiger partial charge on any atom is 0.308 e. The lowest BCUT2D eigenvalue weighted by Gasteiger charge is -2.39. The van der Waals surface area contributed by atoms with Crippen molar-refractivity contribution in [3.63, 3.8) is 0 Å². The van der Waals surface area contributed by atoms with Gasteiger partial charge in [-0.3, -0.25) is 14.5 Å². The van der Waals surface area contributed by atoms with Crippen LogP contribution in [0.2, 0.25) is 0 Å². The molecule has 0 bridgehead atoms. The lowest BCUT2D eigenvalue weighted by molar-refractivity contribution is -0.149. The van der Waals surface area contributed by atoms with Gasteiger partial charge in [0.1, 0.15) is 0 Å². The standard InChI is InChI=1S/C47H91NO7/c1-5-9-13-16-18-20-24-28-42(26-21-12-8-4)39-54-46(50)32-36-52-41-45(38-48(34-35-49)44-30-25-31-44)53-37-33-47(51)55-40-43(27-22-15-11-7-3)29-23-19-17-14-10-6-2/h42-45,49H,5-41H2,1-4H3. The molecule has 1 aliphatic rings. The summed E-state index contributed by atoms with van der Waals surface area (Å²) in [5.74, 6) is 0.483. The molecule has 1 aliphatic carbocycles. The maximum absolute atomic E-state index is 12.9. The lowest BCUT2D eigenvalue weighted by Crippen LogP contribution is -2.47. The number of esters is 2. The van der Waals surface area contributed by atoms with Crippen molar-refractivity contribution in [1.29, 1.82) is 0 Å². The second kappa shape index (κ2) is 38.3. The van der Waals surface area contributed by atoms with E-state index >= 15 is 0 Å². The molecule has 1 saturated carbocycles. The van der Waals surface area contributed by atoms with Crippen LogP contribution in [0.25, 0.3) is 0 Å². The zero-order valence-corrected chi connectivity index (χ0v) is 36.8. The molecule has 0 aromatic heterocycles. The molecule has 8 nitrogen and oxygen atoms in total. The fourth-order valence-electron chi connectivity index (χ4n) is 7.73. The maximum atomic E-state index is 12.9. The van der Waals surface area contributed by atoms with Gasteiger partial charge in [0, 0.05) is 19.1 Å². The normalized spacial score (nSPS) is 14.9. The molecule has 0 aromatic rings. The minimum absolute atomic E-state index is 0.0962. The third kappa shape index (κ3) is 30.5. The van der Waals surface area contributed by atoms with E-state index in [1.54, 1.807) is 0 Å². The number of carbonyl (C=O) groups excluding carboxylic acids is 2. The van der Waals surface area contributed by atoms with Crippen molar-refractivity contribution < 1.29 is 33.6 Å². The highest BCUT2D eigenvalue weighted by Gasteiger charge is 2.27. The van der Waals surface area contributed by atoms with Crippen LogP contribution in [-0.2, 0) is 28.5 Å². The predicted molar refractivity (Wildman–Crippen MR) is 228 cm³/mol. The van der Waals surface area contributed by atoms with Gasteiger partial charge >= 0.3 is 11.9 Å². The van der Waals surface area contributed by atoms with Crippen LogP contribution in [0.5, 0.6) is 0 Å². The Morgan fingerprint density at radius 3 is 1.45 bits per heavy atom. The van der Waals surface area contributed by atoms with Crippen molar-refractivity contribution in [1.82, 2.24) is 4.90 Å². The molecule has 0 radical (unpaired) electrons. The van der Waals surface area contributed by atoms with E-state index < -0.39 is 0 Å². The summed E-state index contributed by atoms with van der Waals surface area (Å²) in [6, 6.07) is 0.449. The van der Waals surface area contributed by atoms with E-state index in [2.05, 4.69) is 32.6 Å². The number of hydrogen-bond acceptors (Lipinski definition) is 8. The molecule has 3 atom stereocenters. The largest absolute Gasteiger partial charge is 0.465 e. The van der Waals surface area contributed by atoms with Crippen LogP contribution in [0.1, 0.15) is 214 Å². The van der Waals surface area contributed by atoms with Crippen LogP contribution < -0.4 is 0 Å². The Balaban J connectivity index is 2.54. The number of aliphatic hydroxyl groups is 1. The van der Waals surface area contributed by atoms with Crippen LogP contribution >= 0.6 is 0 Å². The Morgan fingerprint density at radius 2 is 1.00 bits per heavy atom. The molecule has 0 spiro atoms. The number of hydrogen-bond donors (Lipinski definition) is 1. The molecule has 3 unspecified atom stereocenters. The first-order valence-electron chi connectivity index (χ1n) is 23.8. The summed E-state index contributed by atoms with van der Waals surface area (Å²) in [7, 11) is 0. The van der Waals surface area contributed by atoms with Gasteiger partial charge < -0.3 is 24.1 Å². The third-order valence-corrected chi connectivity index (χ3v) is 11.7. The zero-order valence-electron chi connectivity index (χ0n) is 36.8. The summed E-state index contributed by atoms with van der Waals surface area (Å²) in [6.07, 6.45) is 33.6. The topological polar surface area (TPSA) is 94.5 Å². The van der Waals surface area contributed by atoms with Crippen molar-refractivity contribution in [3.8, 4) is 0 Å². The van der Waals surface area contributed by atoms with E-state index in [0.29, 0.717) is 50.8 Å². The van der Waals surface area contributed by atoms with Crippen LogP contribution in [-0.4, -0.2) is 86.8 Å². The van der Waals surface area contributed by atoms with Gasteiger partial charge in [0.15, 0.2) is 0 Å². The zero-order chi connectivity index (χ0) is 40.0. The molecule has 326 valence electrons. The Morgan fingerprint density at radius 1 is 0.582 bits per heavy atom. The number of rotatable bonds is 42. The van der Waals surface area contributed by atoms with Gasteiger partial charge in [-0.25, -0.2) is 0 Å². The number of ether oxygens (including phenoxy) is 4. The Hall–Kier alpha value is -1.22. The quantitative estimate of drug-likeness (QED) is 0.0483. The van der Waals surface area contributed by atoms with Crippen molar-refractivity contribution in [2.45, 2.75) is 226 Å². The summed E-state index contributed by atoms with van der Waals surface area (Å²) < 4.78 is 23.9. The Labute approximate surface area is 340 Å². The first-order valence-corrected chi connectivity index (χ1v) is 23.8. The predicted octanol–water partition coefficient (Wildman–Crippen LogP) is 11.8. The number of aliphatic hydroxyl groups excluding tert-OH is 1. The van der Waals surface area contributed by atoms with Gasteiger partial charge in [0.2, 0.25) is 0 Å². The fourth-order valence-corrected chi connectivity index (χ4v) is 7.73. The third-order valence-electron chi connectivity index (χ3n) is 11.7. The van der Waals surface area contributed by atoms with Crippen LogP contribution in [0, 0.1) is 11.8 Å². The van der Waals surface area contributed by atoms with E-state index in [9.17, 15) is 14.7 Å². The molecule has 1 fully saturated rings. The molecule has 55 heavy (non-hydrogen) atoms. The Bertz CT molecular complexity index is 853. The average Bonchev–Trinajstić information content (AvgIpc) is 3.15. The van der Waals surface area contributed by atoms with Crippen LogP contribution in [0.3, 0.4) is 0 Å². The van der Waals surface area contributed by atoms with Crippen LogP contribution in [0.4, 0.5) is 0 Å². The molecular formula is C47H91NO7. The molecule has 1 rings (SSSR count). The van der Waals surface area contributed by atoms with E-state index in [1.165, 1.54) is 135 Å². The molecule has 0 saturated heterocycles. The number of nitrogens with zero attached hydrogens (tertiary/aromatic N) is 1. The summed E-state index contributed by atoms with van der Waals surface area (Å²) in [5, 5.41) is 9.75. The molecule has 0 heterocycles. The Kier molecular flexibility index (Phi) is 36.1. The average molecular weight is 782 g/mol.